The highest BCUT2D eigenvalue weighted by Crippen LogP contribution is 2.07. The number of aromatic nitrogens is 2. The van der Waals surface area contributed by atoms with Crippen molar-refractivity contribution in [1.29, 1.82) is 0 Å². The Morgan fingerprint density at radius 3 is 2.32 bits per heavy atom. The zero-order chi connectivity index (χ0) is 14.8. The van der Waals surface area contributed by atoms with Crippen LogP contribution in [0.25, 0.3) is 0 Å². The van der Waals surface area contributed by atoms with Gasteiger partial charge in [-0.15, -0.1) is 0 Å². The number of sulfone groups is 1. The minimum Gasteiger partial charge on any atom is -0.309 e. The summed E-state index contributed by atoms with van der Waals surface area (Å²) in [6.45, 7) is 3.42. The van der Waals surface area contributed by atoms with E-state index in [0.29, 0.717) is 0 Å². The first-order valence-electron chi connectivity index (χ1n) is 5.27. The van der Waals surface area contributed by atoms with Crippen LogP contribution in [0.15, 0.2) is 22.2 Å². The molecule has 0 N–H and O–H groups in total. The van der Waals surface area contributed by atoms with E-state index in [1.807, 2.05) is 0 Å². The second-order valence-electron chi connectivity index (χ2n) is 4.10. The molecular weight excluding hydrogens is 316 g/mol. The van der Waals surface area contributed by atoms with E-state index in [1.165, 1.54) is 17.0 Å². The van der Waals surface area contributed by atoms with Gasteiger partial charge >= 0.3 is 0 Å². The predicted molar refractivity (Wildman–Crippen MR) is 70.6 cm³/mol. The second-order valence-corrected chi connectivity index (χ2v) is 9.02. The molecule has 1 aromatic heterocycles. The third-order valence-corrected chi connectivity index (χ3v) is 5.31. The summed E-state index contributed by atoms with van der Waals surface area (Å²) in [5.74, 6) is -1.54. The fraction of sp³-hybridized carbons (Fsp3) is 0.556. The van der Waals surface area contributed by atoms with Crippen molar-refractivity contribution in [2.24, 2.45) is 0 Å². The molecule has 1 rings (SSSR count). The fourth-order valence-corrected chi connectivity index (χ4v) is 4.36. The Balaban J connectivity index is 3.24. The second kappa shape index (κ2) is 5.59. The van der Waals surface area contributed by atoms with Crippen LogP contribution in [0, 0.1) is 0 Å². The molecule has 0 unspecified atom stereocenters. The topological polar surface area (TPSA) is 103 Å². The van der Waals surface area contributed by atoms with Gasteiger partial charge in [-0.25, -0.2) is 21.8 Å². The van der Waals surface area contributed by atoms with Gasteiger partial charge in [0.1, 0.15) is 0 Å². The minimum atomic E-state index is -4.09. The lowest BCUT2D eigenvalue weighted by atomic mass is 10.4. The van der Waals surface area contributed by atoms with Gasteiger partial charge in [-0.3, -0.25) is 4.79 Å². The standard InChI is InChI=1S/C9H13ClN2O5S2/c1-7(2)12-4-3-11-8(9(12)13)18(14,15)5-6-19(10,16)17/h3-4,7H,5-6H2,1-2H3. The van der Waals surface area contributed by atoms with Crippen molar-refractivity contribution in [3.63, 3.8) is 0 Å². The number of hydrogen-bond acceptors (Lipinski definition) is 6. The van der Waals surface area contributed by atoms with Gasteiger partial charge in [0, 0.05) is 29.1 Å². The molecule has 0 radical (unpaired) electrons. The molecule has 0 saturated heterocycles. The smallest absolute Gasteiger partial charge is 0.288 e. The summed E-state index contributed by atoms with van der Waals surface area (Å²) in [6.07, 6.45) is 2.55. The van der Waals surface area contributed by atoms with Crippen molar-refractivity contribution < 1.29 is 16.8 Å². The van der Waals surface area contributed by atoms with Gasteiger partial charge in [-0.05, 0) is 13.8 Å². The van der Waals surface area contributed by atoms with Gasteiger partial charge in [-0.2, -0.15) is 0 Å². The molecule has 0 aromatic carbocycles. The number of nitrogens with zero attached hydrogens (tertiary/aromatic N) is 2. The first-order valence-corrected chi connectivity index (χ1v) is 9.40. The highest BCUT2D eigenvalue weighted by Gasteiger charge is 2.24. The van der Waals surface area contributed by atoms with Crippen LogP contribution in [0.1, 0.15) is 19.9 Å². The van der Waals surface area contributed by atoms with Gasteiger partial charge in [0.15, 0.2) is 0 Å². The van der Waals surface area contributed by atoms with E-state index in [0.717, 1.165) is 0 Å². The van der Waals surface area contributed by atoms with Gasteiger partial charge in [0.25, 0.3) is 5.56 Å². The van der Waals surface area contributed by atoms with Crippen LogP contribution < -0.4 is 5.56 Å². The molecular formula is C9H13ClN2O5S2. The van der Waals surface area contributed by atoms with E-state index in [1.54, 1.807) is 13.8 Å². The van der Waals surface area contributed by atoms with E-state index < -0.39 is 41.0 Å². The fourth-order valence-electron chi connectivity index (χ4n) is 1.33. The predicted octanol–water partition coefficient (Wildman–Crippen LogP) is 0.167. The van der Waals surface area contributed by atoms with Crippen LogP contribution in [0.5, 0.6) is 0 Å². The maximum atomic E-state index is 11.9. The zero-order valence-corrected chi connectivity index (χ0v) is 12.7. The first-order chi connectivity index (χ1) is 8.54. The third kappa shape index (κ3) is 4.29. The zero-order valence-electron chi connectivity index (χ0n) is 10.3. The Hall–Kier alpha value is -0.930. The van der Waals surface area contributed by atoms with Crippen LogP contribution in [0.3, 0.4) is 0 Å². The van der Waals surface area contributed by atoms with Crippen molar-refractivity contribution in [3.8, 4) is 0 Å². The summed E-state index contributed by atoms with van der Waals surface area (Å²) in [6, 6.07) is -0.235. The molecule has 0 atom stereocenters. The maximum absolute atomic E-state index is 11.9. The Morgan fingerprint density at radius 1 is 1.26 bits per heavy atom. The van der Waals surface area contributed by atoms with E-state index in [2.05, 4.69) is 4.98 Å². The summed E-state index contributed by atoms with van der Waals surface area (Å²) in [4.78, 5) is 15.5. The summed E-state index contributed by atoms with van der Waals surface area (Å²) in [7, 11) is -3.08. The molecule has 0 aliphatic carbocycles. The quantitative estimate of drug-likeness (QED) is 0.714. The average Bonchev–Trinajstić information content (AvgIpc) is 2.25. The average molecular weight is 329 g/mol. The molecule has 0 aliphatic heterocycles. The molecule has 108 valence electrons. The Labute approximate surface area is 115 Å². The molecule has 1 heterocycles. The van der Waals surface area contributed by atoms with Crippen molar-refractivity contribution in [2.45, 2.75) is 24.9 Å². The molecule has 0 bridgehead atoms. The van der Waals surface area contributed by atoms with Gasteiger partial charge < -0.3 is 4.57 Å². The minimum absolute atomic E-state index is 0.235. The molecule has 0 amide bonds. The SMILES string of the molecule is CC(C)n1ccnc(S(=O)(=O)CCS(=O)(=O)Cl)c1=O. The lowest BCUT2D eigenvalue weighted by molar-refractivity contribution is 0.548. The van der Waals surface area contributed by atoms with Crippen molar-refractivity contribution >= 4 is 29.6 Å². The molecule has 10 heteroatoms. The van der Waals surface area contributed by atoms with E-state index in [-0.39, 0.29) is 6.04 Å². The highest BCUT2D eigenvalue weighted by atomic mass is 35.7. The molecule has 0 saturated carbocycles. The number of rotatable bonds is 5. The Bertz CT molecular complexity index is 721. The van der Waals surface area contributed by atoms with Crippen molar-refractivity contribution in [1.82, 2.24) is 9.55 Å². The molecule has 0 fully saturated rings. The van der Waals surface area contributed by atoms with Crippen LogP contribution in [0.2, 0.25) is 0 Å². The molecule has 7 nitrogen and oxygen atoms in total. The van der Waals surface area contributed by atoms with Gasteiger partial charge in [0.2, 0.25) is 23.9 Å². The van der Waals surface area contributed by atoms with E-state index in [4.69, 9.17) is 10.7 Å². The molecule has 19 heavy (non-hydrogen) atoms. The number of hydrogen-bond donors (Lipinski definition) is 0. The van der Waals surface area contributed by atoms with Gasteiger partial charge in [0.05, 0.1) is 11.5 Å². The summed E-state index contributed by atoms with van der Waals surface area (Å²) in [5, 5.41) is -0.663. The van der Waals surface area contributed by atoms with E-state index >= 15 is 0 Å². The summed E-state index contributed by atoms with van der Waals surface area (Å²) >= 11 is 0. The number of halogens is 1. The van der Waals surface area contributed by atoms with Crippen molar-refractivity contribution in [3.05, 3.63) is 22.7 Å². The third-order valence-electron chi connectivity index (χ3n) is 2.28. The molecule has 0 aliphatic rings. The van der Waals surface area contributed by atoms with Crippen LogP contribution in [0.4, 0.5) is 0 Å². The molecule has 0 spiro atoms. The van der Waals surface area contributed by atoms with Crippen LogP contribution in [-0.2, 0) is 18.9 Å². The molecule has 1 aromatic rings. The van der Waals surface area contributed by atoms with Crippen molar-refractivity contribution in [2.75, 3.05) is 11.5 Å². The lowest BCUT2D eigenvalue weighted by Crippen LogP contribution is -2.30. The van der Waals surface area contributed by atoms with E-state index in [9.17, 15) is 21.6 Å². The monoisotopic (exact) mass is 328 g/mol. The lowest BCUT2D eigenvalue weighted by Gasteiger charge is -2.10. The van der Waals surface area contributed by atoms with Gasteiger partial charge in [-0.1, -0.05) is 0 Å². The van der Waals surface area contributed by atoms with Crippen LogP contribution >= 0.6 is 10.7 Å². The summed E-state index contributed by atoms with van der Waals surface area (Å²) < 4.78 is 46.5. The maximum Gasteiger partial charge on any atom is 0.288 e. The Morgan fingerprint density at radius 2 is 1.84 bits per heavy atom. The summed E-state index contributed by atoms with van der Waals surface area (Å²) in [5.41, 5.74) is -0.774. The highest BCUT2D eigenvalue weighted by molar-refractivity contribution is 8.14. The van der Waals surface area contributed by atoms with Crippen LogP contribution in [-0.4, -0.2) is 37.9 Å². The Kier molecular flexibility index (Phi) is 4.75. The normalized spacial score (nSPS) is 12.8. The first kappa shape index (κ1) is 16.1. The largest absolute Gasteiger partial charge is 0.309 e.